The highest BCUT2D eigenvalue weighted by atomic mass is 16.4. The summed E-state index contributed by atoms with van der Waals surface area (Å²) in [6, 6.07) is 0.0407. The monoisotopic (exact) mass is 242 g/mol. The highest BCUT2D eigenvalue weighted by Gasteiger charge is 2.27. The number of hydrogen-bond donors (Lipinski definition) is 3. The molecule has 1 rings (SSSR count). The average Bonchev–Trinajstić information content (AvgIpc) is 2.29. The highest BCUT2D eigenvalue weighted by Crippen LogP contribution is 2.24. The molecular formula is C12H22N2O3. The number of carboxylic acid groups (broad SMARTS) is 1. The molecule has 0 spiro atoms. The molecule has 0 bridgehead atoms. The Bertz CT molecular complexity index is 268. The maximum atomic E-state index is 11.6. The molecular weight excluding hydrogens is 220 g/mol. The summed E-state index contributed by atoms with van der Waals surface area (Å²) in [5.74, 6) is -1.01. The second-order valence-corrected chi connectivity index (χ2v) is 4.57. The van der Waals surface area contributed by atoms with Crippen LogP contribution in [0.15, 0.2) is 0 Å². The first-order valence-corrected chi connectivity index (χ1v) is 6.36. The van der Waals surface area contributed by atoms with E-state index in [4.69, 9.17) is 5.11 Å². The van der Waals surface area contributed by atoms with E-state index in [-0.39, 0.29) is 17.9 Å². The first-order valence-electron chi connectivity index (χ1n) is 6.36. The van der Waals surface area contributed by atoms with Gasteiger partial charge in [0.25, 0.3) is 0 Å². The van der Waals surface area contributed by atoms with Gasteiger partial charge in [-0.25, -0.2) is 0 Å². The van der Waals surface area contributed by atoms with Crippen LogP contribution < -0.4 is 10.6 Å². The normalized spacial score (nSPS) is 24.3. The predicted octanol–water partition coefficient (Wildman–Crippen LogP) is 0.746. The molecule has 1 amide bonds. The molecule has 1 aliphatic carbocycles. The van der Waals surface area contributed by atoms with Crippen molar-refractivity contribution in [2.45, 2.75) is 45.1 Å². The van der Waals surface area contributed by atoms with Gasteiger partial charge in [-0.05, 0) is 25.8 Å². The fourth-order valence-corrected chi connectivity index (χ4v) is 2.22. The van der Waals surface area contributed by atoms with Crippen LogP contribution in [0.3, 0.4) is 0 Å². The average molecular weight is 242 g/mol. The van der Waals surface area contributed by atoms with Gasteiger partial charge in [-0.3, -0.25) is 9.59 Å². The van der Waals surface area contributed by atoms with Crippen molar-refractivity contribution in [3.63, 3.8) is 0 Å². The van der Waals surface area contributed by atoms with Crippen LogP contribution in [0.1, 0.15) is 39.0 Å². The van der Waals surface area contributed by atoms with E-state index < -0.39 is 5.97 Å². The number of amides is 1. The Kier molecular flexibility index (Phi) is 5.97. The van der Waals surface area contributed by atoms with Crippen molar-refractivity contribution < 1.29 is 14.7 Å². The number of hydrogen-bond acceptors (Lipinski definition) is 3. The third-order valence-electron chi connectivity index (χ3n) is 3.17. The number of carbonyl (C=O) groups is 2. The van der Waals surface area contributed by atoms with Crippen molar-refractivity contribution in [1.82, 2.24) is 10.6 Å². The van der Waals surface area contributed by atoms with Crippen LogP contribution in [-0.2, 0) is 9.59 Å². The number of aliphatic carboxylic acids is 1. The van der Waals surface area contributed by atoms with Gasteiger partial charge in [-0.1, -0.05) is 13.3 Å². The van der Waals surface area contributed by atoms with E-state index in [0.29, 0.717) is 19.4 Å². The molecule has 2 atom stereocenters. The van der Waals surface area contributed by atoms with Crippen LogP contribution in [-0.4, -0.2) is 36.1 Å². The van der Waals surface area contributed by atoms with Gasteiger partial charge in [0.15, 0.2) is 0 Å². The molecule has 2 unspecified atom stereocenters. The van der Waals surface area contributed by atoms with Crippen LogP contribution in [0, 0.1) is 5.92 Å². The molecule has 1 saturated carbocycles. The Morgan fingerprint density at radius 1 is 1.35 bits per heavy atom. The lowest BCUT2D eigenvalue weighted by Gasteiger charge is -2.27. The van der Waals surface area contributed by atoms with Crippen molar-refractivity contribution >= 4 is 11.9 Å². The molecule has 0 aromatic carbocycles. The van der Waals surface area contributed by atoms with Crippen LogP contribution >= 0.6 is 0 Å². The predicted molar refractivity (Wildman–Crippen MR) is 64.7 cm³/mol. The maximum absolute atomic E-state index is 11.6. The smallest absolute Gasteiger partial charge is 0.306 e. The number of rotatable bonds is 6. The van der Waals surface area contributed by atoms with Gasteiger partial charge >= 0.3 is 5.97 Å². The van der Waals surface area contributed by atoms with Gasteiger partial charge in [0, 0.05) is 19.0 Å². The van der Waals surface area contributed by atoms with Gasteiger partial charge in [0.1, 0.15) is 0 Å². The summed E-state index contributed by atoms with van der Waals surface area (Å²) in [5.41, 5.74) is 0. The third kappa shape index (κ3) is 5.17. The Morgan fingerprint density at radius 2 is 2.12 bits per heavy atom. The van der Waals surface area contributed by atoms with E-state index in [0.717, 1.165) is 25.8 Å². The molecule has 0 heterocycles. The van der Waals surface area contributed by atoms with E-state index in [9.17, 15) is 9.59 Å². The molecule has 98 valence electrons. The van der Waals surface area contributed by atoms with Crippen LogP contribution in [0.5, 0.6) is 0 Å². The minimum absolute atomic E-state index is 0.0157. The van der Waals surface area contributed by atoms with Crippen LogP contribution in [0.4, 0.5) is 0 Å². The lowest BCUT2D eigenvalue weighted by Crippen LogP contribution is -2.40. The van der Waals surface area contributed by atoms with Crippen LogP contribution in [0.2, 0.25) is 0 Å². The van der Waals surface area contributed by atoms with E-state index >= 15 is 0 Å². The van der Waals surface area contributed by atoms with E-state index in [1.165, 1.54) is 0 Å². The first-order chi connectivity index (χ1) is 8.13. The third-order valence-corrected chi connectivity index (χ3v) is 3.17. The second kappa shape index (κ2) is 7.27. The van der Waals surface area contributed by atoms with Gasteiger partial charge in [0.2, 0.25) is 5.91 Å². The molecule has 0 aromatic heterocycles. The zero-order chi connectivity index (χ0) is 12.7. The lowest BCUT2D eigenvalue weighted by atomic mass is 9.86. The highest BCUT2D eigenvalue weighted by molar-refractivity contribution is 5.76. The van der Waals surface area contributed by atoms with Gasteiger partial charge in [-0.15, -0.1) is 0 Å². The number of carboxylic acids is 1. The molecule has 0 radical (unpaired) electrons. The zero-order valence-corrected chi connectivity index (χ0v) is 10.4. The van der Waals surface area contributed by atoms with Crippen LogP contribution in [0.25, 0.3) is 0 Å². The fourth-order valence-electron chi connectivity index (χ4n) is 2.22. The largest absolute Gasteiger partial charge is 0.481 e. The first kappa shape index (κ1) is 14.0. The summed E-state index contributed by atoms with van der Waals surface area (Å²) in [6.45, 7) is 3.53. The van der Waals surface area contributed by atoms with Gasteiger partial charge in [-0.2, -0.15) is 0 Å². The number of carbonyl (C=O) groups excluding carboxylic acids is 1. The van der Waals surface area contributed by atoms with Crippen molar-refractivity contribution in [1.29, 1.82) is 0 Å². The summed E-state index contributed by atoms with van der Waals surface area (Å²) in [4.78, 5) is 22.4. The van der Waals surface area contributed by atoms with E-state index in [2.05, 4.69) is 10.6 Å². The van der Waals surface area contributed by atoms with E-state index in [1.54, 1.807) is 0 Å². The SMILES string of the molecule is CCNCCC(=O)NC1CCCC(C(=O)O)C1. The summed E-state index contributed by atoms with van der Waals surface area (Å²) >= 11 is 0. The van der Waals surface area contributed by atoms with Crippen molar-refractivity contribution in [2.24, 2.45) is 5.92 Å². The molecule has 0 aromatic rings. The molecule has 0 aliphatic heterocycles. The van der Waals surface area contributed by atoms with Gasteiger partial charge < -0.3 is 15.7 Å². The van der Waals surface area contributed by atoms with Crippen molar-refractivity contribution in [3.8, 4) is 0 Å². The summed E-state index contributed by atoms with van der Waals surface area (Å²) in [5, 5.41) is 14.9. The summed E-state index contributed by atoms with van der Waals surface area (Å²) in [6.07, 6.45) is 3.55. The van der Waals surface area contributed by atoms with Crippen molar-refractivity contribution in [3.05, 3.63) is 0 Å². The Labute approximate surface area is 102 Å². The Morgan fingerprint density at radius 3 is 2.76 bits per heavy atom. The molecule has 5 heteroatoms. The minimum atomic E-state index is -0.739. The maximum Gasteiger partial charge on any atom is 0.306 e. The van der Waals surface area contributed by atoms with E-state index in [1.807, 2.05) is 6.92 Å². The van der Waals surface area contributed by atoms with Gasteiger partial charge in [0.05, 0.1) is 5.92 Å². The standard InChI is InChI=1S/C12H22N2O3/c1-2-13-7-6-11(15)14-10-5-3-4-9(8-10)12(16)17/h9-10,13H,2-8H2,1H3,(H,14,15)(H,16,17). The van der Waals surface area contributed by atoms with Crippen molar-refractivity contribution in [2.75, 3.05) is 13.1 Å². The summed E-state index contributed by atoms with van der Waals surface area (Å²) in [7, 11) is 0. The Balaban J connectivity index is 2.26. The molecule has 5 nitrogen and oxygen atoms in total. The molecule has 1 aliphatic rings. The second-order valence-electron chi connectivity index (χ2n) is 4.57. The topological polar surface area (TPSA) is 78.4 Å². The zero-order valence-electron chi connectivity index (χ0n) is 10.4. The fraction of sp³-hybridized carbons (Fsp3) is 0.833. The molecule has 0 saturated heterocycles. The minimum Gasteiger partial charge on any atom is -0.481 e. The summed E-state index contributed by atoms with van der Waals surface area (Å²) < 4.78 is 0. The Hall–Kier alpha value is -1.10. The molecule has 17 heavy (non-hydrogen) atoms. The molecule has 1 fully saturated rings. The molecule has 3 N–H and O–H groups in total. The quantitative estimate of drug-likeness (QED) is 0.600. The lowest BCUT2D eigenvalue weighted by molar-refractivity contribution is -0.143. The number of nitrogens with one attached hydrogen (secondary N) is 2.